The lowest BCUT2D eigenvalue weighted by atomic mass is 9.95. The van der Waals surface area contributed by atoms with Crippen molar-refractivity contribution in [1.82, 2.24) is 20.2 Å². The number of nitrogens with zero attached hydrogens (tertiary/aromatic N) is 4. The van der Waals surface area contributed by atoms with Crippen molar-refractivity contribution in [1.29, 1.82) is 0 Å². The van der Waals surface area contributed by atoms with Crippen LogP contribution in [0.3, 0.4) is 0 Å². The van der Waals surface area contributed by atoms with Gasteiger partial charge in [0.25, 0.3) is 0 Å². The first kappa shape index (κ1) is 25.0. The molecule has 11 heteroatoms. The van der Waals surface area contributed by atoms with Crippen molar-refractivity contribution < 1.29 is 18.4 Å². The number of carbonyl (C=O) groups is 2. The average Bonchev–Trinajstić information content (AvgIpc) is 2.84. The summed E-state index contributed by atoms with van der Waals surface area (Å²) in [6, 6.07) is 7.71. The van der Waals surface area contributed by atoms with Gasteiger partial charge < -0.3 is 21.3 Å². The van der Waals surface area contributed by atoms with Crippen molar-refractivity contribution in [3.63, 3.8) is 0 Å². The number of rotatable bonds is 8. The molecule has 0 aliphatic carbocycles. The second kappa shape index (κ2) is 10.2. The summed E-state index contributed by atoms with van der Waals surface area (Å²) in [5.74, 6) is -2.20. The fraction of sp³-hybridized carbons (Fsp3) is 0.280. The molecule has 0 saturated heterocycles. The fourth-order valence-electron chi connectivity index (χ4n) is 4.02. The van der Waals surface area contributed by atoms with E-state index in [1.165, 1.54) is 6.07 Å². The highest BCUT2D eigenvalue weighted by atomic mass is 19.1. The number of hydrogen-bond donors (Lipinski definition) is 3. The molecular weight excluding hydrogens is 468 g/mol. The quantitative estimate of drug-likeness (QED) is 0.441. The van der Waals surface area contributed by atoms with Gasteiger partial charge in [0.2, 0.25) is 11.9 Å². The van der Waals surface area contributed by atoms with Gasteiger partial charge in [-0.1, -0.05) is 19.1 Å². The van der Waals surface area contributed by atoms with Gasteiger partial charge in [-0.25, -0.2) is 23.5 Å². The van der Waals surface area contributed by atoms with E-state index in [0.717, 1.165) is 22.6 Å². The van der Waals surface area contributed by atoms with E-state index in [1.54, 1.807) is 18.2 Å². The maximum Gasteiger partial charge on any atom is 0.328 e. The Morgan fingerprint density at radius 2 is 1.92 bits per heavy atom. The molecule has 0 spiro atoms. The Kier molecular flexibility index (Phi) is 7.11. The van der Waals surface area contributed by atoms with Gasteiger partial charge in [-0.3, -0.25) is 4.79 Å². The summed E-state index contributed by atoms with van der Waals surface area (Å²) in [5.41, 5.74) is 7.64. The molecule has 0 saturated carbocycles. The predicted octanol–water partition coefficient (Wildman–Crippen LogP) is 3.42. The highest BCUT2D eigenvalue weighted by Crippen LogP contribution is 2.39. The molecule has 0 radical (unpaired) electrons. The number of urea groups is 1. The topological polar surface area (TPSA) is 116 Å². The third-order valence-corrected chi connectivity index (χ3v) is 5.85. The molecule has 2 aromatic carbocycles. The standard InChI is InChI=1S/C25H27F2N7O2/c1-4-14-8-9-15(22(28)35)12-16(14)20-17-13-30-25(36)34(21-18(26)6-5-7-19(21)27)23(17)32-24(31-20)29-10-11-33(2)3/h5-9,12H,4,10-11,13H2,1-3H3,(H2,28,35)(H,30,36)(H,29,31,32). The number of likely N-dealkylation sites (N-methyl/N-ethyl adjacent to an activating group) is 1. The molecule has 4 N–H and O–H groups in total. The maximum absolute atomic E-state index is 14.8. The number of carbonyl (C=O) groups excluding carboxylic acids is 2. The van der Waals surface area contributed by atoms with Crippen LogP contribution in [0.4, 0.5) is 31.0 Å². The molecule has 188 valence electrons. The Bertz CT molecular complexity index is 1310. The number of nitrogens with two attached hydrogens (primary N) is 1. The SMILES string of the molecule is CCc1ccc(C(N)=O)cc1-c1nc(NCCN(C)C)nc2c1CNC(=O)N2c1c(F)cccc1F. The normalized spacial score (nSPS) is 12.9. The van der Waals surface area contributed by atoms with E-state index in [4.69, 9.17) is 10.7 Å². The van der Waals surface area contributed by atoms with Gasteiger partial charge >= 0.3 is 6.03 Å². The lowest BCUT2D eigenvalue weighted by Gasteiger charge is -2.31. The summed E-state index contributed by atoms with van der Waals surface area (Å²) in [6.07, 6.45) is 0.620. The molecule has 3 aromatic rings. The first-order valence-electron chi connectivity index (χ1n) is 11.5. The number of primary amides is 1. The van der Waals surface area contributed by atoms with Crippen LogP contribution in [0.2, 0.25) is 0 Å². The minimum absolute atomic E-state index is 0.0258. The number of nitrogens with one attached hydrogen (secondary N) is 2. The minimum Gasteiger partial charge on any atom is -0.366 e. The first-order valence-corrected chi connectivity index (χ1v) is 11.5. The molecule has 2 heterocycles. The van der Waals surface area contributed by atoms with Crippen LogP contribution >= 0.6 is 0 Å². The Morgan fingerprint density at radius 3 is 2.56 bits per heavy atom. The smallest absolute Gasteiger partial charge is 0.328 e. The Labute approximate surface area is 207 Å². The number of para-hydroxylation sites is 1. The fourth-order valence-corrected chi connectivity index (χ4v) is 4.02. The number of halogens is 2. The summed E-state index contributed by atoms with van der Waals surface area (Å²) in [6.45, 7) is 3.13. The number of hydrogen-bond acceptors (Lipinski definition) is 6. The number of anilines is 3. The monoisotopic (exact) mass is 495 g/mol. The van der Waals surface area contributed by atoms with Crippen molar-refractivity contribution >= 4 is 29.4 Å². The molecule has 1 aliphatic rings. The summed E-state index contributed by atoms with van der Waals surface area (Å²) < 4.78 is 29.6. The maximum atomic E-state index is 14.8. The molecule has 0 bridgehead atoms. The zero-order chi connectivity index (χ0) is 26.0. The highest BCUT2D eigenvalue weighted by molar-refractivity contribution is 6.02. The second-order valence-corrected chi connectivity index (χ2v) is 8.58. The van der Waals surface area contributed by atoms with Crippen LogP contribution < -0.4 is 21.3 Å². The Balaban J connectivity index is 1.97. The summed E-state index contributed by atoms with van der Waals surface area (Å²) in [7, 11) is 3.83. The van der Waals surface area contributed by atoms with Crippen LogP contribution in [0.15, 0.2) is 36.4 Å². The molecule has 0 atom stereocenters. The van der Waals surface area contributed by atoms with Crippen LogP contribution in [0, 0.1) is 11.6 Å². The number of aromatic nitrogens is 2. The lowest BCUT2D eigenvalue weighted by molar-refractivity contribution is 0.1000. The van der Waals surface area contributed by atoms with E-state index in [1.807, 2.05) is 25.9 Å². The van der Waals surface area contributed by atoms with Crippen molar-refractivity contribution in [2.45, 2.75) is 19.9 Å². The average molecular weight is 496 g/mol. The predicted molar refractivity (Wildman–Crippen MR) is 133 cm³/mol. The van der Waals surface area contributed by atoms with Gasteiger partial charge in [0, 0.05) is 29.8 Å². The lowest BCUT2D eigenvalue weighted by Crippen LogP contribution is -2.43. The third kappa shape index (κ3) is 4.82. The number of fused-ring (bicyclic) bond motifs is 1. The molecule has 0 fully saturated rings. The van der Waals surface area contributed by atoms with Crippen LogP contribution in [0.5, 0.6) is 0 Å². The number of aryl methyl sites for hydroxylation is 1. The minimum atomic E-state index is -0.912. The second-order valence-electron chi connectivity index (χ2n) is 8.58. The summed E-state index contributed by atoms with van der Waals surface area (Å²) >= 11 is 0. The zero-order valence-corrected chi connectivity index (χ0v) is 20.2. The molecule has 3 amide bonds. The highest BCUT2D eigenvalue weighted by Gasteiger charge is 2.34. The van der Waals surface area contributed by atoms with Gasteiger partial charge in [-0.2, -0.15) is 4.98 Å². The third-order valence-electron chi connectivity index (χ3n) is 5.85. The molecule has 1 aliphatic heterocycles. The number of amides is 3. The molecule has 0 unspecified atom stereocenters. The van der Waals surface area contributed by atoms with Crippen LogP contribution in [-0.4, -0.2) is 54.0 Å². The molecule has 4 rings (SSSR count). The van der Waals surface area contributed by atoms with Gasteiger partial charge in [-0.15, -0.1) is 0 Å². The largest absolute Gasteiger partial charge is 0.366 e. The zero-order valence-electron chi connectivity index (χ0n) is 20.2. The van der Waals surface area contributed by atoms with Crippen molar-refractivity contribution in [3.05, 3.63) is 64.7 Å². The van der Waals surface area contributed by atoms with Gasteiger partial charge in [0.15, 0.2) is 5.82 Å². The Hall–Kier alpha value is -4.12. The molecule has 9 nitrogen and oxygen atoms in total. The van der Waals surface area contributed by atoms with Crippen molar-refractivity contribution in [2.75, 3.05) is 37.4 Å². The summed E-state index contributed by atoms with van der Waals surface area (Å²) in [5, 5.41) is 5.78. The Morgan fingerprint density at radius 1 is 1.19 bits per heavy atom. The van der Waals surface area contributed by atoms with Crippen LogP contribution in [0.1, 0.15) is 28.4 Å². The van der Waals surface area contributed by atoms with Gasteiger partial charge in [0.05, 0.1) is 12.2 Å². The van der Waals surface area contributed by atoms with E-state index in [-0.39, 0.29) is 23.9 Å². The van der Waals surface area contributed by atoms with E-state index >= 15 is 0 Å². The van der Waals surface area contributed by atoms with Crippen LogP contribution in [0.25, 0.3) is 11.3 Å². The van der Waals surface area contributed by atoms with Gasteiger partial charge in [-0.05, 0) is 50.3 Å². The first-order chi connectivity index (χ1) is 17.2. The van der Waals surface area contributed by atoms with E-state index in [9.17, 15) is 18.4 Å². The van der Waals surface area contributed by atoms with Crippen LogP contribution in [-0.2, 0) is 13.0 Å². The molecule has 36 heavy (non-hydrogen) atoms. The van der Waals surface area contributed by atoms with Crippen molar-refractivity contribution in [3.8, 4) is 11.3 Å². The van der Waals surface area contributed by atoms with E-state index in [0.29, 0.717) is 36.3 Å². The van der Waals surface area contributed by atoms with E-state index in [2.05, 4.69) is 15.6 Å². The van der Waals surface area contributed by atoms with Gasteiger partial charge in [0.1, 0.15) is 17.3 Å². The van der Waals surface area contributed by atoms with E-state index < -0.39 is 29.3 Å². The summed E-state index contributed by atoms with van der Waals surface area (Å²) in [4.78, 5) is 36.9. The van der Waals surface area contributed by atoms with Crippen molar-refractivity contribution in [2.24, 2.45) is 5.73 Å². The number of benzene rings is 2. The molecule has 1 aromatic heterocycles. The molecular formula is C25H27F2N7O2.